The van der Waals surface area contributed by atoms with Gasteiger partial charge in [0, 0.05) is 12.2 Å². The summed E-state index contributed by atoms with van der Waals surface area (Å²) in [7, 11) is 0. The van der Waals surface area contributed by atoms with E-state index in [0.717, 1.165) is 6.54 Å². The average Bonchev–Trinajstić information content (AvgIpc) is 2.25. The third-order valence-corrected chi connectivity index (χ3v) is 2.92. The largest absolute Gasteiger partial charge is 0.385 e. The summed E-state index contributed by atoms with van der Waals surface area (Å²) in [4.78, 5) is 0. The van der Waals surface area contributed by atoms with Gasteiger partial charge in [-0.1, -0.05) is 52.8 Å². The summed E-state index contributed by atoms with van der Waals surface area (Å²) >= 11 is 0. The van der Waals surface area contributed by atoms with E-state index in [1.54, 1.807) is 0 Å². The van der Waals surface area contributed by atoms with Crippen molar-refractivity contribution in [1.29, 1.82) is 0 Å². The first-order valence-electron chi connectivity index (χ1n) is 6.44. The van der Waals surface area contributed by atoms with Gasteiger partial charge < -0.3 is 5.32 Å². The lowest BCUT2D eigenvalue weighted by molar-refractivity contribution is 0.829. The Labute approximate surface area is 100 Å². The molecule has 0 aromatic heterocycles. The fourth-order valence-corrected chi connectivity index (χ4v) is 2.01. The van der Waals surface area contributed by atoms with Crippen molar-refractivity contribution in [3.8, 4) is 0 Å². The fraction of sp³-hybridized carbons (Fsp3) is 0.600. The van der Waals surface area contributed by atoms with Gasteiger partial charge in [-0.3, -0.25) is 0 Å². The van der Waals surface area contributed by atoms with Gasteiger partial charge in [-0.2, -0.15) is 0 Å². The number of para-hydroxylation sites is 1. The van der Waals surface area contributed by atoms with Gasteiger partial charge in [0.05, 0.1) is 0 Å². The van der Waals surface area contributed by atoms with E-state index in [1.807, 2.05) is 0 Å². The Kier molecular flexibility index (Phi) is 4.85. The van der Waals surface area contributed by atoms with Crippen molar-refractivity contribution in [3.63, 3.8) is 0 Å². The van der Waals surface area contributed by atoms with Crippen LogP contribution in [0.15, 0.2) is 18.2 Å². The molecule has 1 N–H and O–H groups in total. The number of rotatable bonds is 5. The van der Waals surface area contributed by atoms with Crippen LogP contribution >= 0.6 is 0 Å². The highest BCUT2D eigenvalue weighted by atomic mass is 14.9. The van der Waals surface area contributed by atoms with Crippen molar-refractivity contribution < 1.29 is 0 Å². The standard InChI is InChI=1S/C15H25N/c1-6-10-16-15-13(11(2)3)8-7-9-14(15)12(4)5/h7-9,11-12,16H,6,10H2,1-5H3. The number of anilines is 1. The van der Waals surface area contributed by atoms with Crippen LogP contribution in [-0.2, 0) is 0 Å². The zero-order valence-electron chi connectivity index (χ0n) is 11.3. The van der Waals surface area contributed by atoms with Crippen molar-refractivity contribution >= 4 is 5.69 Å². The SMILES string of the molecule is CCCNc1c(C(C)C)cccc1C(C)C. The van der Waals surface area contributed by atoms with E-state index >= 15 is 0 Å². The first kappa shape index (κ1) is 13.1. The zero-order chi connectivity index (χ0) is 12.1. The molecular formula is C15H25N. The molecule has 0 amide bonds. The normalized spacial score (nSPS) is 11.2. The van der Waals surface area contributed by atoms with Gasteiger partial charge in [0.15, 0.2) is 0 Å². The van der Waals surface area contributed by atoms with Crippen molar-refractivity contribution in [2.24, 2.45) is 0 Å². The fourth-order valence-electron chi connectivity index (χ4n) is 2.01. The average molecular weight is 219 g/mol. The molecule has 1 aromatic rings. The Morgan fingerprint density at radius 3 is 1.88 bits per heavy atom. The molecule has 0 heterocycles. The number of benzene rings is 1. The van der Waals surface area contributed by atoms with Gasteiger partial charge in [0.2, 0.25) is 0 Å². The Balaban J connectivity index is 3.12. The van der Waals surface area contributed by atoms with Crippen LogP contribution in [0.4, 0.5) is 5.69 Å². The summed E-state index contributed by atoms with van der Waals surface area (Å²) in [5.41, 5.74) is 4.26. The van der Waals surface area contributed by atoms with E-state index in [9.17, 15) is 0 Å². The van der Waals surface area contributed by atoms with Crippen LogP contribution in [0.3, 0.4) is 0 Å². The Morgan fingerprint density at radius 1 is 1.00 bits per heavy atom. The maximum absolute atomic E-state index is 3.59. The highest BCUT2D eigenvalue weighted by molar-refractivity contribution is 5.60. The molecule has 0 atom stereocenters. The second-order valence-electron chi connectivity index (χ2n) is 5.05. The monoisotopic (exact) mass is 219 g/mol. The van der Waals surface area contributed by atoms with Crippen LogP contribution in [0.2, 0.25) is 0 Å². The van der Waals surface area contributed by atoms with Gasteiger partial charge in [-0.25, -0.2) is 0 Å². The summed E-state index contributed by atoms with van der Waals surface area (Å²) < 4.78 is 0. The van der Waals surface area contributed by atoms with Gasteiger partial charge >= 0.3 is 0 Å². The molecule has 0 aliphatic heterocycles. The molecule has 0 aliphatic rings. The lowest BCUT2D eigenvalue weighted by Crippen LogP contribution is -2.08. The molecule has 0 saturated heterocycles. The van der Waals surface area contributed by atoms with E-state index in [4.69, 9.17) is 0 Å². The Hall–Kier alpha value is -0.980. The quantitative estimate of drug-likeness (QED) is 0.753. The highest BCUT2D eigenvalue weighted by Gasteiger charge is 2.12. The van der Waals surface area contributed by atoms with E-state index in [0.29, 0.717) is 11.8 Å². The molecule has 0 spiro atoms. The Morgan fingerprint density at radius 2 is 1.50 bits per heavy atom. The molecule has 1 rings (SSSR count). The summed E-state index contributed by atoms with van der Waals surface area (Å²) in [6.45, 7) is 12.3. The van der Waals surface area contributed by atoms with Crippen molar-refractivity contribution in [2.75, 3.05) is 11.9 Å². The summed E-state index contributed by atoms with van der Waals surface area (Å²) in [5.74, 6) is 1.16. The zero-order valence-corrected chi connectivity index (χ0v) is 11.3. The summed E-state index contributed by atoms with van der Waals surface area (Å²) in [6, 6.07) is 6.67. The minimum absolute atomic E-state index is 0.582. The molecule has 0 aliphatic carbocycles. The van der Waals surface area contributed by atoms with Gasteiger partial charge in [-0.05, 0) is 29.4 Å². The third-order valence-electron chi connectivity index (χ3n) is 2.92. The molecule has 16 heavy (non-hydrogen) atoms. The lowest BCUT2D eigenvalue weighted by Gasteiger charge is -2.20. The molecule has 0 saturated carbocycles. The smallest absolute Gasteiger partial charge is 0.0410 e. The Bertz CT molecular complexity index is 300. The minimum atomic E-state index is 0.582. The number of hydrogen-bond acceptors (Lipinski definition) is 1. The van der Waals surface area contributed by atoms with E-state index in [1.165, 1.54) is 23.2 Å². The van der Waals surface area contributed by atoms with Crippen LogP contribution in [0.25, 0.3) is 0 Å². The van der Waals surface area contributed by atoms with E-state index < -0.39 is 0 Å². The van der Waals surface area contributed by atoms with Crippen molar-refractivity contribution in [2.45, 2.75) is 52.9 Å². The van der Waals surface area contributed by atoms with Crippen LogP contribution in [0.5, 0.6) is 0 Å². The molecule has 0 bridgehead atoms. The van der Waals surface area contributed by atoms with Crippen LogP contribution in [0.1, 0.15) is 64.0 Å². The van der Waals surface area contributed by atoms with Crippen molar-refractivity contribution in [1.82, 2.24) is 0 Å². The van der Waals surface area contributed by atoms with E-state index in [-0.39, 0.29) is 0 Å². The van der Waals surface area contributed by atoms with Gasteiger partial charge in [0.25, 0.3) is 0 Å². The highest BCUT2D eigenvalue weighted by Crippen LogP contribution is 2.32. The van der Waals surface area contributed by atoms with Gasteiger partial charge in [-0.15, -0.1) is 0 Å². The maximum Gasteiger partial charge on any atom is 0.0410 e. The first-order valence-corrected chi connectivity index (χ1v) is 6.44. The molecule has 0 fully saturated rings. The molecule has 1 nitrogen and oxygen atoms in total. The minimum Gasteiger partial charge on any atom is -0.385 e. The number of hydrogen-bond donors (Lipinski definition) is 1. The topological polar surface area (TPSA) is 12.0 Å². The van der Waals surface area contributed by atoms with Crippen LogP contribution < -0.4 is 5.32 Å². The molecular weight excluding hydrogens is 194 g/mol. The van der Waals surface area contributed by atoms with Gasteiger partial charge in [0.1, 0.15) is 0 Å². The van der Waals surface area contributed by atoms with E-state index in [2.05, 4.69) is 58.1 Å². The molecule has 0 unspecified atom stereocenters. The first-order chi connectivity index (χ1) is 7.57. The van der Waals surface area contributed by atoms with Crippen LogP contribution in [0, 0.1) is 0 Å². The van der Waals surface area contributed by atoms with Crippen LogP contribution in [-0.4, -0.2) is 6.54 Å². The summed E-state index contributed by atoms with van der Waals surface area (Å²) in [6.07, 6.45) is 1.17. The lowest BCUT2D eigenvalue weighted by atomic mass is 9.92. The molecule has 90 valence electrons. The number of nitrogens with one attached hydrogen (secondary N) is 1. The van der Waals surface area contributed by atoms with Crippen molar-refractivity contribution in [3.05, 3.63) is 29.3 Å². The molecule has 1 aromatic carbocycles. The third kappa shape index (κ3) is 3.01. The maximum atomic E-state index is 3.59. The molecule has 1 heteroatoms. The second kappa shape index (κ2) is 5.93. The summed E-state index contributed by atoms with van der Waals surface area (Å²) in [5, 5.41) is 3.59. The second-order valence-corrected chi connectivity index (χ2v) is 5.05. The predicted octanol–water partition coefficient (Wildman–Crippen LogP) is 4.76. The molecule has 0 radical (unpaired) electrons. The predicted molar refractivity (Wildman–Crippen MR) is 73.4 cm³/mol.